The van der Waals surface area contributed by atoms with Gasteiger partial charge in [0.25, 0.3) is 0 Å². The number of thioether (sulfide) groups is 1. The van der Waals surface area contributed by atoms with E-state index in [9.17, 15) is 4.39 Å². The van der Waals surface area contributed by atoms with E-state index >= 15 is 0 Å². The van der Waals surface area contributed by atoms with Gasteiger partial charge in [-0.3, -0.25) is 4.57 Å². The lowest BCUT2D eigenvalue weighted by atomic mass is 10.3. The SMILES string of the molecule is Cl.NCCc1nnc(SCCn2cnnc2)n1-c1ccc(F)cc1. The second-order valence-corrected chi connectivity index (χ2v) is 5.86. The van der Waals surface area contributed by atoms with Crippen molar-refractivity contribution < 1.29 is 4.39 Å². The van der Waals surface area contributed by atoms with E-state index in [1.54, 1.807) is 36.5 Å². The van der Waals surface area contributed by atoms with Gasteiger partial charge in [0, 0.05) is 24.4 Å². The number of hydrogen-bond donors (Lipinski definition) is 1. The van der Waals surface area contributed by atoms with Gasteiger partial charge in [-0.1, -0.05) is 11.8 Å². The van der Waals surface area contributed by atoms with Gasteiger partial charge in [0.05, 0.1) is 0 Å². The average Bonchev–Trinajstić information content (AvgIpc) is 3.19. The van der Waals surface area contributed by atoms with Gasteiger partial charge in [0.15, 0.2) is 5.16 Å². The Bertz CT molecular complexity index is 745. The van der Waals surface area contributed by atoms with Crippen LogP contribution in [0.2, 0.25) is 0 Å². The van der Waals surface area contributed by atoms with E-state index in [2.05, 4.69) is 20.4 Å². The average molecular weight is 370 g/mol. The lowest BCUT2D eigenvalue weighted by Crippen LogP contribution is -2.10. The molecule has 24 heavy (non-hydrogen) atoms. The van der Waals surface area contributed by atoms with Crippen LogP contribution in [0.1, 0.15) is 5.82 Å². The van der Waals surface area contributed by atoms with Gasteiger partial charge in [0.2, 0.25) is 0 Å². The molecule has 3 rings (SSSR count). The zero-order valence-electron chi connectivity index (χ0n) is 12.7. The first-order valence-electron chi connectivity index (χ1n) is 7.13. The molecule has 10 heteroatoms. The molecule has 0 radical (unpaired) electrons. The Balaban J connectivity index is 0.00000208. The van der Waals surface area contributed by atoms with E-state index in [0.29, 0.717) is 13.0 Å². The van der Waals surface area contributed by atoms with Crippen LogP contribution >= 0.6 is 24.2 Å². The summed E-state index contributed by atoms with van der Waals surface area (Å²) < 4.78 is 17.0. The molecule has 0 atom stereocenters. The second kappa shape index (κ2) is 8.76. The van der Waals surface area contributed by atoms with Crippen molar-refractivity contribution in [2.24, 2.45) is 5.73 Å². The van der Waals surface area contributed by atoms with Gasteiger partial charge >= 0.3 is 0 Å². The fourth-order valence-electron chi connectivity index (χ4n) is 2.11. The topological polar surface area (TPSA) is 87.4 Å². The first-order chi connectivity index (χ1) is 11.3. The normalized spacial score (nSPS) is 10.6. The van der Waals surface area contributed by atoms with E-state index in [0.717, 1.165) is 29.0 Å². The summed E-state index contributed by atoms with van der Waals surface area (Å²) in [7, 11) is 0. The van der Waals surface area contributed by atoms with Crippen LogP contribution in [0.4, 0.5) is 4.39 Å². The predicted octanol–water partition coefficient (Wildman–Crippen LogP) is 1.71. The Hall–Kier alpha value is -1.97. The van der Waals surface area contributed by atoms with Gasteiger partial charge in [-0.05, 0) is 30.8 Å². The lowest BCUT2D eigenvalue weighted by Gasteiger charge is -2.10. The summed E-state index contributed by atoms with van der Waals surface area (Å²) in [5, 5.41) is 16.7. The summed E-state index contributed by atoms with van der Waals surface area (Å²) in [6, 6.07) is 6.27. The molecule has 0 saturated carbocycles. The number of rotatable bonds is 7. The van der Waals surface area contributed by atoms with Crippen LogP contribution < -0.4 is 5.73 Å². The summed E-state index contributed by atoms with van der Waals surface area (Å²) in [5.41, 5.74) is 6.47. The lowest BCUT2D eigenvalue weighted by molar-refractivity contribution is 0.627. The van der Waals surface area contributed by atoms with Gasteiger partial charge in [-0.15, -0.1) is 32.8 Å². The molecule has 3 aromatic rings. The molecule has 0 amide bonds. The van der Waals surface area contributed by atoms with Crippen molar-refractivity contribution in [3.63, 3.8) is 0 Å². The molecule has 128 valence electrons. The van der Waals surface area contributed by atoms with Gasteiger partial charge in [0.1, 0.15) is 24.3 Å². The maximum absolute atomic E-state index is 13.2. The van der Waals surface area contributed by atoms with Crippen molar-refractivity contribution in [3.05, 3.63) is 48.6 Å². The van der Waals surface area contributed by atoms with Crippen LogP contribution in [0.15, 0.2) is 42.1 Å². The van der Waals surface area contributed by atoms with Crippen LogP contribution in [0.5, 0.6) is 0 Å². The monoisotopic (exact) mass is 369 g/mol. The highest BCUT2D eigenvalue weighted by Gasteiger charge is 2.14. The molecule has 1 aromatic carbocycles. The number of halogens is 2. The highest BCUT2D eigenvalue weighted by Crippen LogP contribution is 2.22. The third kappa shape index (κ3) is 4.31. The largest absolute Gasteiger partial charge is 0.330 e. The maximum atomic E-state index is 13.2. The Morgan fingerprint density at radius 1 is 1.08 bits per heavy atom. The molecular weight excluding hydrogens is 353 g/mol. The summed E-state index contributed by atoms with van der Waals surface area (Å²) in [5.74, 6) is 1.29. The number of nitrogens with two attached hydrogens (primary N) is 1. The van der Waals surface area contributed by atoms with E-state index in [1.807, 2.05) is 9.13 Å². The van der Waals surface area contributed by atoms with E-state index < -0.39 is 0 Å². The molecule has 7 nitrogen and oxygen atoms in total. The van der Waals surface area contributed by atoms with Gasteiger partial charge < -0.3 is 10.3 Å². The minimum atomic E-state index is -0.274. The van der Waals surface area contributed by atoms with Gasteiger partial charge in [-0.25, -0.2) is 4.39 Å². The highest BCUT2D eigenvalue weighted by atomic mass is 35.5. The molecule has 0 saturated heterocycles. The molecule has 0 bridgehead atoms. The smallest absolute Gasteiger partial charge is 0.195 e. The quantitative estimate of drug-likeness (QED) is 0.638. The highest BCUT2D eigenvalue weighted by molar-refractivity contribution is 7.99. The molecule has 2 N–H and O–H groups in total. The molecule has 2 aromatic heterocycles. The zero-order chi connectivity index (χ0) is 16.1. The van der Waals surface area contributed by atoms with Crippen LogP contribution in [0.25, 0.3) is 5.69 Å². The Morgan fingerprint density at radius 2 is 1.79 bits per heavy atom. The van der Waals surface area contributed by atoms with Crippen molar-refractivity contribution in [1.29, 1.82) is 0 Å². The van der Waals surface area contributed by atoms with E-state index in [1.165, 1.54) is 12.1 Å². The maximum Gasteiger partial charge on any atom is 0.195 e. The fraction of sp³-hybridized carbons (Fsp3) is 0.286. The summed E-state index contributed by atoms with van der Waals surface area (Å²) in [4.78, 5) is 0. The second-order valence-electron chi connectivity index (χ2n) is 4.80. The van der Waals surface area contributed by atoms with Crippen molar-refractivity contribution in [2.45, 2.75) is 18.1 Å². The molecule has 2 heterocycles. The van der Waals surface area contributed by atoms with Crippen molar-refractivity contribution >= 4 is 24.2 Å². The van der Waals surface area contributed by atoms with Gasteiger partial charge in [-0.2, -0.15) is 0 Å². The summed E-state index contributed by atoms with van der Waals surface area (Å²) in [6.45, 7) is 1.24. The number of aromatic nitrogens is 6. The molecule has 0 aliphatic carbocycles. The Labute approximate surface area is 148 Å². The molecule has 0 spiro atoms. The molecule has 0 unspecified atom stereocenters. The number of hydrogen-bond acceptors (Lipinski definition) is 6. The standard InChI is InChI=1S/C14H16FN7S.ClH/c15-11-1-3-12(4-2-11)22-13(5-6-16)19-20-14(22)23-8-7-21-9-17-18-10-21;/h1-4,9-10H,5-8,16H2;1H. The third-order valence-electron chi connectivity index (χ3n) is 3.20. The molecule has 0 aliphatic heterocycles. The first kappa shape index (κ1) is 18.4. The first-order valence-corrected chi connectivity index (χ1v) is 8.12. The molecular formula is C14H17ClFN7S. The fourth-order valence-corrected chi connectivity index (χ4v) is 3.04. The minimum Gasteiger partial charge on any atom is -0.330 e. The minimum absolute atomic E-state index is 0. The summed E-state index contributed by atoms with van der Waals surface area (Å²) in [6.07, 6.45) is 3.95. The molecule has 0 fully saturated rings. The van der Waals surface area contributed by atoms with Crippen molar-refractivity contribution in [2.75, 3.05) is 12.3 Å². The Kier molecular flexibility index (Phi) is 6.71. The van der Waals surface area contributed by atoms with E-state index in [-0.39, 0.29) is 18.2 Å². The molecule has 0 aliphatic rings. The Morgan fingerprint density at radius 3 is 2.46 bits per heavy atom. The van der Waals surface area contributed by atoms with Crippen molar-refractivity contribution in [1.82, 2.24) is 29.5 Å². The van der Waals surface area contributed by atoms with Crippen LogP contribution in [0, 0.1) is 5.82 Å². The van der Waals surface area contributed by atoms with Crippen LogP contribution in [-0.4, -0.2) is 41.8 Å². The zero-order valence-corrected chi connectivity index (χ0v) is 14.4. The number of benzene rings is 1. The van der Waals surface area contributed by atoms with E-state index in [4.69, 9.17) is 5.73 Å². The third-order valence-corrected chi connectivity index (χ3v) is 4.11. The summed E-state index contributed by atoms with van der Waals surface area (Å²) >= 11 is 1.57. The van der Waals surface area contributed by atoms with Crippen LogP contribution in [-0.2, 0) is 13.0 Å². The van der Waals surface area contributed by atoms with Crippen molar-refractivity contribution in [3.8, 4) is 5.69 Å². The van der Waals surface area contributed by atoms with Crippen LogP contribution in [0.3, 0.4) is 0 Å². The number of nitrogens with zero attached hydrogens (tertiary/aromatic N) is 6. The number of aryl methyl sites for hydroxylation is 1. The predicted molar refractivity (Wildman–Crippen MR) is 92.1 cm³/mol.